The Morgan fingerprint density at radius 3 is 2.54 bits per heavy atom. The lowest BCUT2D eigenvalue weighted by molar-refractivity contribution is -0.169. The molecule has 0 aromatic carbocycles. The second kappa shape index (κ2) is 12.0. The maximum atomic E-state index is 11.3. The van der Waals surface area contributed by atoms with Crippen LogP contribution < -0.4 is 4.72 Å². The highest BCUT2D eigenvalue weighted by atomic mass is 32.2. The lowest BCUT2D eigenvalue weighted by Gasteiger charge is -2.30. The van der Waals surface area contributed by atoms with Crippen molar-refractivity contribution in [3.05, 3.63) is 12.2 Å². The summed E-state index contributed by atoms with van der Waals surface area (Å²) < 4.78 is 20.3. The molecule has 0 aliphatic carbocycles. The van der Waals surface area contributed by atoms with Gasteiger partial charge in [0, 0.05) is 29.7 Å². The molecule has 0 aromatic rings. The van der Waals surface area contributed by atoms with Gasteiger partial charge in [-0.05, 0) is 40.0 Å². The van der Waals surface area contributed by atoms with E-state index in [2.05, 4.69) is 37.2 Å². The topological polar surface area (TPSA) is 56.8 Å². The number of hydrogen-bond donors (Lipinski definition) is 1. The van der Waals surface area contributed by atoms with Gasteiger partial charge < -0.3 is 14.2 Å². The summed E-state index contributed by atoms with van der Waals surface area (Å²) in [6, 6.07) is 0.246. The lowest BCUT2D eigenvalue weighted by atomic mass is 9.98. The Hall–Kier alpha value is -0.560. The minimum atomic E-state index is -0.423. The highest BCUT2D eigenvalue weighted by Crippen LogP contribution is 2.32. The smallest absolute Gasteiger partial charge is 0.330 e. The Morgan fingerprint density at radius 1 is 1.27 bits per heavy atom. The fraction of sp³-hybridized carbons (Fsp3) is 0.850. The third-order valence-corrected chi connectivity index (χ3v) is 5.32. The molecule has 0 spiro atoms. The summed E-state index contributed by atoms with van der Waals surface area (Å²) in [5.74, 6) is -0.737. The Balaban J connectivity index is 2.60. The molecule has 0 saturated carbocycles. The van der Waals surface area contributed by atoms with Gasteiger partial charge in [-0.2, -0.15) is 0 Å². The van der Waals surface area contributed by atoms with Crippen LogP contribution >= 0.6 is 11.9 Å². The van der Waals surface area contributed by atoms with Crippen LogP contribution in [0.3, 0.4) is 0 Å². The molecule has 0 radical (unpaired) electrons. The van der Waals surface area contributed by atoms with E-state index < -0.39 is 5.79 Å². The lowest BCUT2D eigenvalue weighted by Crippen LogP contribution is -2.34. The van der Waals surface area contributed by atoms with E-state index in [1.54, 1.807) is 11.9 Å². The molecular weight excluding hydrogens is 350 g/mol. The number of methoxy groups -OCH3 is 1. The quantitative estimate of drug-likeness (QED) is 0.228. The average molecular weight is 388 g/mol. The first-order chi connectivity index (χ1) is 12.3. The minimum absolute atomic E-state index is 0.128. The van der Waals surface area contributed by atoms with Crippen molar-refractivity contribution in [1.82, 2.24) is 4.72 Å². The molecule has 1 N–H and O–H groups in total. The van der Waals surface area contributed by atoms with E-state index in [0.29, 0.717) is 13.2 Å². The van der Waals surface area contributed by atoms with E-state index in [9.17, 15) is 4.79 Å². The molecule has 1 aliphatic heterocycles. The molecule has 152 valence electrons. The maximum absolute atomic E-state index is 11.3. The molecule has 0 amide bonds. The number of carbonyl (C=O) groups excluding carboxylic acids is 1. The summed E-state index contributed by atoms with van der Waals surface area (Å²) in [6.45, 7) is 10.1. The number of esters is 1. The third kappa shape index (κ3) is 9.95. The van der Waals surface area contributed by atoms with E-state index in [0.717, 1.165) is 32.1 Å². The first-order valence-corrected chi connectivity index (χ1v) is 10.6. The molecule has 1 fully saturated rings. The molecule has 6 heteroatoms. The second-order valence-electron chi connectivity index (χ2n) is 7.79. The summed E-state index contributed by atoms with van der Waals surface area (Å²) >= 11 is 1.73. The van der Waals surface area contributed by atoms with E-state index in [4.69, 9.17) is 9.47 Å². The fourth-order valence-corrected chi connectivity index (χ4v) is 3.57. The predicted molar refractivity (Wildman–Crippen MR) is 108 cm³/mol. The molecule has 1 heterocycles. The Kier molecular flexibility index (Phi) is 10.8. The fourth-order valence-electron chi connectivity index (χ4n) is 2.83. The van der Waals surface area contributed by atoms with Crippen LogP contribution in [0.5, 0.6) is 0 Å². The van der Waals surface area contributed by atoms with Gasteiger partial charge in [0.1, 0.15) is 0 Å². The van der Waals surface area contributed by atoms with Crippen molar-refractivity contribution in [2.24, 2.45) is 0 Å². The van der Waals surface area contributed by atoms with Crippen LogP contribution in [0.1, 0.15) is 72.6 Å². The first-order valence-electron chi connectivity index (χ1n) is 9.76. The monoisotopic (exact) mass is 387 g/mol. The zero-order valence-corrected chi connectivity index (χ0v) is 18.0. The van der Waals surface area contributed by atoms with Gasteiger partial charge in [0.25, 0.3) is 0 Å². The van der Waals surface area contributed by atoms with Gasteiger partial charge in [-0.15, -0.1) is 0 Å². The molecule has 0 unspecified atom stereocenters. The maximum Gasteiger partial charge on any atom is 0.330 e. The largest absolute Gasteiger partial charge is 0.466 e. The predicted octanol–water partition coefficient (Wildman–Crippen LogP) is 4.61. The van der Waals surface area contributed by atoms with Gasteiger partial charge in [0.05, 0.1) is 20.3 Å². The van der Waals surface area contributed by atoms with Gasteiger partial charge in [-0.25, -0.2) is 4.79 Å². The van der Waals surface area contributed by atoms with Crippen molar-refractivity contribution in [2.75, 3.05) is 20.3 Å². The molecule has 0 bridgehead atoms. The molecule has 5 nitrogen and oxygen atoms in total. The van der Waals surface area contributed by atoms with Crippen LogP contribution in [0.4, 0.5) is 0 Å². The van der Waals surface area contributed by atoms with Crippen molar-refractivity contribution in [3.63, 3.8) is 0 Å². The highest BCUT2D eigenvalue weighted by molar-refractivity contribution is 7.98. The van der Waals surface area contributed by atoms with Crippen molar-refractivity contribution in [2.45, 2.75) is 89.2 Å². The van der Waals surface area contributed by atoms with E-state index in [1.165, 1.54) is 26.0 Å². The standard InChI is InChI=1S/C20H37NO4S/c1-6-7-8-13-20(24-15-16-25-20)14-12-17(21-26-19(2,3)4)10-9-11-18(22)23-5/h9,11,17,21H,6-8,10,12-16H2,1-5H3/b11-9+/t17-/m1/s1. The summed E-state index contributed by atoms with van der Waals surface area (Å²) in [5, 5.41) is 0. The molecule has 1 saturated heterocycles. The van der Waals surface area contributed by atoms with Crippen LogP contribution in [-0.4, -0.2) is 42.9 Å². The van der Waals surface area contributed by atoms with Gasteiger partial charge in [0.2, 0.25) is 0 Å². The van der Waals surface area contributed by atoms with Crippen molar-refractivity contribution < 1.29 is 19.0 Å². The third-order valence-electron chi connectivity index (χ3n) is 4.26. The van der Waals surface area contributed by atoms with E-state index in [1.807, 2.05) is 6.08 Å². The molecule has 0 aromatic heterocycles. The Labute approximate surface area is 163 Å². The molecule has 1 aliphatic rings. The number of unbranched alkanes of at least 4 members (excludes halogenated alkanes) is 2. The SMILES string of the molecule is CCCCCC1(CC[C@@H](C/C=C/C(=O)OC)NSC(C)(C)C)OCCO1. The summed E-state index contributed by atoms with van der Waals surface area (Å²) in [5.41, 5.74) is 0. The van der Waals surface area contributed by atoms with Gasteiger partial charge in [-0.1, -0.05) is 37.8 Å². The van der Waals surface area contributed by atoms with E-state index in [-0.39, 0.29) is 16.8 Å². The van der Waals surface area contributed by atoms with Crippen LogP contribution in [0.15, 0.2) is 12.2 Å². The van der Waals surface area contributed by atoms with Crippen LogP contribution in [0.25, 0.3) is 0 Å². The molecule has 26 heavy (non-hydrogen) atoms. The van der Waals surface area contributed by atoms with Gasteiger partial charge in [-0.3, -0.25) is 4.72 Å². The van der Waals surface area contributed by atoms with Crippen LogP contribution in [-0.2, 0) is 19.0 Å². The average Bonchev–Trinajstić information content (AvgIpc) is 3.05. The first kappa shape index (κ1) is 23.5. The molecule has 1 rings (SSSR count). The summed E-state index contributed by atoms with van der Waals surface area (Å²) in [4.78, 5) is 11.3. The molecular formula is C20H37NO4S. The van der Waals surface area contributed by atoms with Crippen molar-refractivity contribution in [3.8, 4) is 0 Å². The summed E-state index contributed by atoms with van der Waals surface area (Å²) in [7, 11) is 1.40. The zero-order chi connectivity index (χ0) is 19.5. The Morgan fingerprint density at radius 2 is 1.96 bits per heavy atom. The van der Waals surface area contributed by atoms with Gasteiger partial charge >= 0.3 is 5.97 Å². The van der Waals surface area contributed by atoms with Crippen molar-refractivity contribution in [1.29, 1.82) is 0 Å². The number of nitrogens with one attached hydrogen (secondary N) is 1. The summed E-state index contributed by atoms with van der Waals surface area (Å²) in [6.07, 6.45) is 10.4. The number of hydrogen-bond acceptors (Lipinski definition) is 6. The highest BCUT2D eigenvalue weighted by Gasteiger charge is 2.36. The number of ether oxygens (including phenoxy) is 3. The minimum Gasteiger partial charge on any atom is -0.466 e. The molecule has 1 atom stereocenters. The van der Waals surface area contributed by atoms with E-state index >= 15 is 0 Å². The van der Waals surface area contributed by atoms with Crippen molar-refractivity contribution >= 4 is 17.9 Å². The number of rotatable bonds is 12. The van der Waals surface area contributed by atoms with Crippen LogP contribution in [0, 0.1) is 0 Å². The van der Waals surface area contributed by atoms with Crippen LogP contribution in [0.2, 0.25) is 0 Å². The Bertz CT molecular complexity index is 428. The van der Waals surface area contributed by atoms with Gasteiger partial charge in [0.15, 0.2) is 5.79 Å². The zero-order valence-electron chi connectivity index (χ0n) is 17.1. The normalized spacial score (nSPS) is 18.3. The number of carbonyl (C=O) groups is 1. The second-order valence-corrected chi connectivity index (χ2v) is 9.46.